The summed E-state index contributed by atoms with van der Waals surface area (Å²) in [6.45, 7) is 18.5. The van der Waals surface area contributed by atoms with Crippen LogP contribution in [-0.4, -0.2) is 95.9 Å². The molecule has 15 heteroatoms. The molecule has 0 unspecified atom stereocenters. The fourth-order valence-corrected chi connectivity index (χ4v) is 6.63. The Morgan fingerprint density at radius 3 is 0.841 bits per heavy atom. The van der Waals surface area contributed by atoms with Gasteiger partial charge in [0.1, 0.15) is 16.8 Å². The van der Waals surface area contributed by atoms with Gasteiger partial charge >= 0.3 is 18.3 Å². The number of hydrogen-bond donors (Lipinski definition) is 3. The maximum absolute atomic E-state index is 12.2. The summed E-state index contributed by atoms with van der Waals surface area (Å²) in [7, 11) is 4.85. The number of amides is 3. The van der Waals surface area contributed by atoms with Crippen LogP contribution in [0.4, 0.5) is 14.4 Å². The minimum atomic E-state index is -0.587. The quantitative estimate of drug-likeness (QED) is 0.0643. The predicted molar refractivity (Wildman–Crippen MR) is 240 cm³/mol. The first-order valence-corrected chi connectivity index (χ1v) is 21.5. The Morgan fingerprint density at radius 2 is 0.635 bits per heavy atom. The monoisotopic (exact) mass is 879 g/mol. The number of benzene rings is 3. The largest absolute Gasteiger partial charge is 0.493 e. The molecule has 3 amide bonds. The van der Waals surface area contributed by atoms with E-state index in [0.717, 1.165) is 33.4 Å². The van der Waals surface area contributed by atoms with Crippen LogP contribution < -0.4 is 44.4 Å². The molecule has 0 saturated heterocycles. The van der Waals surface area contributed by atoms with E-state index >= 15 is 0 Å². The average Bonchev–Trinajstić information content (AvgIpc) is 3.23. The maximum atomic E-state index is 12.2. The van der Waals surface area contributed by atoms with E-state index in [9.17, 15) is 14.4 Å². The number of carbonyl (C=O) groups excluding carboxylic acids is 3. The standard InChI is InChI=1S/C48H69N3O12/c1-46(2,3)61-43(52)49-16-13-19-58-40-28-34-22-32-26-38(56-11)42(60-21-15-18-51-45(54)63-48(7,8)9)30-36(32)24-33-27-39(57-12)41(29-35(33)23-31(34)25-37(40)55-10)59-20-14-17-50-44(53)62-47(4,5)6/h25-30H,13-24H2,1-12H3,(H,49,52)(H,50,53)(H,51,54). The van der Waals surface area contributed by atoms with E-state index in [-0.39, 0.29) is 0 Å². The van der Waals surface area contributed by atoms with Gasteiger partial charge in [0.25, 0.3) is 0 Å². The highest BCUT2D eigenvalue weighted by Gasteiger charge is 2.24. The molecular weight excluding hydrogens is 811 g/mol. The minimum absolute atomic E-state index is 0.333. The molecule has 0 atom stereocenters. The zero-order valence-electron chi connectivity index (χ0n) is 39.3. The van der Waals surface area contributed by atoms with Crippen molar-refractivity contribution in [2.75, 3.05) is 60.8 Å². The van der Waals surface area contributed by atoms with Gasteiger partial charge in [-0.1, -0.05) is 0 Å². The van der Waals surface area contributed by atoms with Gasteiger partial charge in [-0.15, -0.1) is 0 Å². The number of fused-ring (bicyclic) bond motifs is 3. The van der Waals surface area contributed by atoms with Crippen LogP contribution >= 0.6 is 0 Å². The van der Waals surface area contributed by atoms with Crippen molar-refractivity contribution in [1.82, 2.24) is 16.0 Å². The van der Waals surface area contributed by atoms with Crippen molar-refractivity contribution in [2.45, 2.75) is 118 Å². The van der Waals surface area contributed by atoms with Gasteiger partial charge in [0.2, 0.25) is 0 Å². The first-order chi connectivity index (χ1) is 29.7. The van der Waals surface area contributed by atoms with Crippen LogP contribution in [0.15, 0.2) is 36.4 Å². The zero-order chi connectivity index (χ0) is 46.4. The van der Waals surface area contributed by atoms with E-state index in [1.165, 1.54) is 0 Å². The molecule has 0 radical (unpaired) electrons. The number of ether oxygens (including phenoxy) is 9. The summed E-state index contributed by atoms with van der Waals surface area (Å²) in [5.41, 5.74) is 4.44. The highest BCUT2D eigenvalue weighted by molar-refractivity contribution is 5.68. The number of alkyl carbamates (subject to hydrolysis) is 3. The van der Waals surface area contributed by atoms with Crippen LogP contribution in [0.2, 0.25) is 0 Å². The lowest BCUT2D eigenvalue weighted by Gasteiger charge is -2.20. The SMILES string of the molecule is COc1cc2c(cc1OCCCNC(=O)OC(C)(C)C)Cc1cc(OC)c(OCCCNC(=O)OC(C)(C)C)cc1Cc1cc(OC)c(OCCCNC(=O)OC(C)(C)C)cc1C2. The normalized spacial score (nSPS) is 12.4. The maximum Gasteiger partial charge on any atom is 0.407 e. The molecule has 1 aliphatic carbocycles. The lowest BCUT2D eigenvalue weighted by atomic mass is 9.94. The third-order valence-electron chi connectivity index (χ3n) is 9.34. The minimum Gasteiger partial charge on any atom is -0.493 e. The second-order valence-electron chi connectivity index (χ2n) is 18.2. The molecule has 1 aliphatic rings. The van der Waals surface area contributed by atoms with E-state index in [2.05, 4.69) is 16.0 Å². The van der Waals surface area contributed by atoms with Crippen molar-refractivity contribution in [1.29, 1.82) is 0 Å². The summed E-state index contributed by atoms with van der Waals surface area (Å²) in [5, 5.41) is 8.34. The average molecular weight is 880 g/mol. The summed E-state index contributed by atoms with van der Waals surface area (Å²) in [5.74, 6) is 3.50. The van der Waals surface area contributed by atoms with Crippen LogP contribution in [-0.2, 0) is 33.5 Å². The van der Waals surface area contributed by atoms with Gasteiger partial charge in [-0.2, -0.15) is 0 Å². The Labute approximate surface area is 373 Å². The Kier molecular flexibility index (Phi) is 17.9. The van der Waals surface area contributed by atoms with Crippen LogP contribution in [0, 0.1) is 0 Å². The first-order valence-electron chi connectivity index (χ1n) is 21.5. The van der Waals surface area contributed by atoms with E-state index in [4.69, 9.17) is 42.6 Å². The molecule has 0 fully saturated rings. The Bertz CT molecular complexity index is 1790. The van der Waals surface area contributed by atoms with Crippen LogP contribution in [0.1, 0.15) is 115 Å². The van der Waals surface area contributed by atoms with Crippen molar-refractivity contribution in [2.24, 2.45) is 0 Å². The molecule has 3 aromatic rings. The van der Waals surface area contributed by atoms with Crippen molar-refractivity contribution < 1.29 is 57.0 Å². The third-order valence-corrected chi connectivity index (χ3v) is 9.34. The highest BCUT2D eigenvalue weighted by Crippen LogP contribution is 2.41. The van der Waals surface area contributed by atoms with Gasteiger partial charge in [0, 0.05) is 19.6 Å². The number of hydrogen-bond acceptors (Lipinski definition) is 12. The van der Waals surface area contributed by atoms with Crippen LogP contribution in [0.3, 0.4) is 0 Å². The van der Waals surface area contributed by atoms with Gasteiger partial charge in [0.15, 0.2) is 34.5 Å². The Hall–Kier alpha value is -5.73. The summed E-state index contributed by atoms with van der Waals surface area (Å²) in [6.07, 6.45) is 1.89. The summed E-state index contributed by atoms with van der Waals surface area (Å²) < 4.78 is 52.6. The van der Waals surface area contributed by atoms with Crippen molar-refractivity contribution in [3.8, 4) is 34.5 Å². The smallest absolute Gasteiger partial charge is 0.407 e. The summed E-state index contributed by atoms with van der Waals surface area (Å²) in [4.78, 5) is 36.5. The first kappa shape index (κ1) is 49.9. The Balaban J connectivity index is 1.64. The van der Waals surface area contributed by atoms with Crippen LogP contribution in [0.5, 0.6) is 34.5 Å². The van der Waals surface area contributed by atoms with Gasteiger partial charge in [-0.25, -0.2) is 14.4 Å². The molecule has 0 spiro atoms. The second-order valence-corrected chi connectivity index (χ2v) is 18.2. The third kappa shape index (κ3) is 16.8. The number of carbonyl (C=O) groups is 3. The van der Waals surface area contributed by atoms with E-state index < -0.39 is 35.1 Å². The van der Waals surface area contributed by atoms with E-state index in [0.29, 0.717) is 112 Å². The molecule has 3 aromatic carbocycles. The lowest BCUT2D eigenvalue weighted by molar-refractivity contribution is 0.0513. The molecule has 63 heavy (non-hydrogen) atoms. The fraction of sp³-hybridized carbons (Fsp3) is 0.562. The lowest BCUT2D eigenvalue weighted by Crippen LogP contribution is -2.33. The molecular formula is C48H69N3O12. The number of nitrogens with one attached hydrogen (secondary N) is 3. The molecule has 0 saturated carbocycles. The number of rotatable bonds is 18. The topological polar surface area (TPSA) is 170 Å². The van der Waals surface area contributed by atoms with E-state index in [1.807, 2.05) is 98.7 Å². The number of methoxy groups -OCH3 is 3. The predicted octanol–water partition coefficient (Wildman–Crippen LogP) is 8.68. The fourth-order valence-electron chi connectivity index (χ4n) is 6.63. The van der Waals surface area contributed by atoms with Gasteiger partial charge < -0.3 is 58.6 Å². The molecule has 348 valence electrons. The summed E-state index contributed by atoms with van der Waals surface area (Å²) >= 11 is 0. The molecule has 3 N–H and O–H groups in total. The molecule has 0 aromatic heterocycles. The van der Waals surface area contributed by atoms with Gasteiger partial charge in [-0.05, 0) is 171 Å². The van der Waals surface area contributed by atoms with Crippen LogP contribution in [0.25, 0.3) is 0 Å². The van der Waals surface area contributed by atoms with Crippen molar-refractivity contribution in [3.63, 3.8) is 0 Å². The van der Waals surface area contributed by atoms with Gasteiger partial charge in [-0.3, -0.25) is 0 Å². The molecule has 0 aliphatic heterocycles. The Morgan fingerprint density at radius 1 is 0.413 bits per heavy atom. The summed E-state index contributed by atoms with van der Waals surface area (Å²) in [6, 6.07) is 12.1. The van der Waals surface area contributed by atoms with Gasteiger partial charge in [0.05, 0.1) is 41.2 Å². The molecule has 0 bridgehead atoms. The highest BCUT2D eigenvalue weighted by atomic mass is 16.6. The second kappa shape index (κ2) is 22.6. The van der Waals surface area contributed by atoms with Crippen molar-refractivity contribution >= 4 is 18.3 Å². The van der Waals surface area contributed by atoms with E-state index in [1.54, 1.807) is 21.3 Å². The molecule has 0 heterocycles. The van der Waals surface area contributed by atoms with Crippen molar-refractivity contribution in [3.05, 3.63) is 69.8 Å². The zero-order valence-corrected chi connectivity index (χ0v) is 39.3. The molecule has 4 rings (SSSR count). The molecule has 15 nitrogen and oxygen atoms in total.